The van der Waals surface area contributed by atoms with Crippen molar-refractivity contribution in [1.29, 1.82) is 0 Å². The number of hydrogen-bond acceptors (Lipinski definition) is 5. The number of aliphatic hydroxyl groups excluding tert-OH is 1. The zero-order chi connectivity index (χ0) is 13.0. The summed E-state index contributed by atoms with van der Waals surface area (Å²) in [5, 5.41) is 12.4. The molecule has 0 aliphatic heterocycles. The quantitative estimate of drug-likeness (QED) is 0.702. The van der Waals surface area contributed by atoms with Gasteiger partial charge in [0.05, 0.1) is 11.4 Å². The molecule has 96 valence electrons. The van der Waals surface area contributed by atoms with Crippen molar-refractivity contribution < 1.29 is 5.11 Å². The summed E-state index contributed by atoms with van der Waals surface area (Å²) in [6.45, 7) is 6.04. The van der Waals surface area contributed by atoms with Crippen molar-refractivity contribution in [3.63, 3.8) is 0 Å². The van der Waals surface area contributed by atoms with E-state index >= 15 is 0 Å². The predicted octanol–water partition coefficient (Wildman–Crippen LogP) is 1.84. The van der Waals surface area contributed by atoms with E-state index in [1.54, 1.807) is 6.92 Å². The molecule has 4 N–H and O–H groups in total. The molecule has 1 atom stereocenters. The number of rotatable bonds is 5. The van der Waals surface area contributed by atoms with Crippen LogP contribution in [0.25, 0.3) is 0 Å². The average Bonchev–Trinajstić information content (AvgIpc) is 2.24. The van der Waals surface area contributed by atoms with Crippen LogP contribution in [0, 0.1) is 12.8 Å². The van der Waals surface area contributed by atoms with Crippen molar-refractivity contribution in [3.05, 3.63) is 11.0 Å². The van der Waals surface area contributed by atoms with Gasteiger partial charge in [0.2, 0.25) is 5.28 Å². The molecule has 0 spiro atoms. The molecule has 0 saturated carbocycles. The molecular weight excluding hydrogens is 240 g/mol. The molecule has 1 heterocycles. The van der Waals surface area contributed by atoms with Crippen LogP contribution in [-0.4, -0.2) is 27.7 Å². The SMILES string of the molecule is Cc1nc(Cl)nc(NC(CCO)C(C)C)c1N. The molecule has 17 heavy (non-hydrogen) atoms. The zero-order valence-electron chi connectivity index (χ0n) is 10.4. The summed E-state index contributed by atoms with van der Waals surface area (Å²) in [7, 11) is 0. The number of nitrogens with two attached hydrogens (primary N) is 1. The Morgan fingerprint density at radius 1 is 1.41 bits per heavy atom. The Labute approximate surface area is 106 Å². The largest absolute Gasteiger partial charge is 0.396 e. The standard InChI is InChI=1S/C11H19ClN4O/c1-6(2)8(4-5-17)15-10-9(13)7(3)14-11(12)16-10/h6,8,17H,4-5,13H2,1-3H3,(H,14,15,16). The number of aliphatic hydroxyl groups is 1. The highest BCUT2D eigenvalue weighted by atomic mass is 35.5. The van der Waals surface area contributed by atoms with E-state index in [2.05, 4.69) is 29.1 Å². The molecule has 0 aliphatic rings. The number of aryl methyl sites for hydroxylation is 1. The van der Waals surface area contributed by atoms with E-state index in [1.807, 2.05) is 0 Å². The van der Waals surface area contributed by atoms with Crippen LogP contribution < -0.4 is 11.1 Å². The fraction of sp³-hybridized carbons (Fsp3) is 0.636. The van der Waals surface area contributed by atoms with Crippen LogP contribution in [0.2, 0.25) is 5.28 Å². The Balaban J connectivity index is 2.92. The van der Waals surface area contributed by atoms with Crippen molar-refractivity contribution in [2.24, 2.45) is 5.92 Å². The van der Waals surface area contributed by atoms with Gasteiger partial charge in [-0.2, -0.15) is 4.98 Å². The van der Waals surface area contributed by atoms with Gasteiger partial charge in [0.25, 0.3) is 0 Å². The lowest BCUT2D eigenvalue weighted by Gasteiger charge is -2.23. The van der Waals surface area contributed by atoms with Crippen LogP contribution >= 0.6 is 11.6 Å². The van der Waals surface area contributed by atoms with Gasteiger partial charge in [-0.1, -0.05) is 13.8 Å². The molecule has 0 amide bonds. The number of anilines is 2. The van der Waals surface area contributed by atoms with Gasteiger partial charge in [-0.25, -0.2) is 4.98 Å². The highest BCUT2D eigenvalue weighted by molar-refractivity contribution is 6.28. The van der Waals surface area contributed by atoms with E-state index in [4.69, 9.17) is 22.4 Å². The second-order valence-corrected chi connectivity index (χ2v) is 4.69. The molecule has 1 rings (SSSR count). The Kier molecular flexibility index (Phi) is 4.96. The minimum atomic E-state index is 0.104. The molecule has 1 aromatic heterocycles. The van der Waals surface area contributed by atoms with E-state index in [0.29, 0.717) is 29.5 Å². The van der Waals surface area contributed by atoms with Crippen molar-refractivity contribution in [1.82, 2.24) is 9.97 Å². The normalized spacial score (nSPS) is 12.8. The third-order valence-electron chi connectivity index (χ3n) is 2.68. The van der Waals surface area contributed by atoms with Gasteiger partial charge >= 0.3 is 0 Å². The van der Waals surface area contributed by atoms with E-state index in [-0.39, 0.29) is 17.9 Å². The number of nitrogen functional groups attached to an aromatic ring is 1. The van der Waals surface area contributed by atoms with Gasteiger partial charge < -0.3 is 16.2 Å². The number of nitrogens with zero attached hydrogens (tertiary/aromatic N) is 2. The minimum Gasteiger partial charge on any atom is -0.396 e. The van der Waals surface area contributed by atoms with E-state index in [1.165, 1.54) is 0 Å². The summed E-state index contributed by atoms with van der Waals surface area (Å²) >= 11 is 5.80. The highest BCUT2D eigenvalue weighted by Gasteiger charge is 2.16. The number of nitrogens with one attached hydrogen (secondary N) is 1. The molecule has 0 saturated heterocycles. The molecule has 1 aromatic rings. The summed E-state index contributed by atoms with van der Waals surface area (Å²) in [6.07, 6.45) is 0.637. The van der Waals surface area contributed by atoms with Gasteiger partial charge in [-0.3, -0.25) is 0 Å². The number of halogens is 1. The lowest BCUT2D eigenvalue weighted by atomic mass is 10.0. The van der Waals surface area contributed by atoms with Crippen LogP contribution in [0.1, 0.15) is 26.0 Å². The molecule has 5 nitrogen and oxygen atoms in total. The van der Waals surface area contributed by atoms with Crippen molar-refractivity contribution in [3.8, 4) is 0 Å². The minimum absolute atomic E-state index is 0.104. The monoisotopic (exact) mass is 258 g/mol. The second kappa shape index (κ2) is 6.02. The van der Waals surface area contributed by atoms with Crippen molar-refractivity contribution in [2.75, 3.05) is 17.7 Å². The first kappa shape index (κ1) is 14.0. The zero-order valence-corrected chi connectivity index (χ0v) is 11.1. The molecule has 0 fully saturated rings. The first-order valence-electron chi connectivity index (χ1n) is 5.62. The van der Waals surface area contributed by atoms with Crippen LogP contribution in [0.4, 0.5) is 11.5 Å². The third kappa shape index (κ3) is 3.71. The first-order valence-corrected chi connectivity index (χ1v) is 6.00. The molecule has 0 aromatic carbocycles. The van der Waals surface area contributed by atoms with Crippen LogP contribution in [0.5, 0.6) is 0 Å². The molecular formula is C11H19ClN4O. The molecule has 1 unspecified atom stereocenters. The van der Waals surface area contributed by atoms with E-state index in [0.717, 1.165) is 0 Å². The van der Waals surface area contributed by atoms with Crippen LogP contribution in [-0.2, 0) is 0 Å². The number of hydrogen-bond donors (Lipinski definition) is 3. The van der Waals surface area contributed by atoms with Gasteiger partial charge in [0.1, 0.15) is 0 Å². The average molecular weight is 259 g/mol. The maximum absolute atomic E-state index is 9.01. The summed E-state index contributed by atoms with van der Waals surface area (Å²) in [6, 6.07) is 0.104. The predicted molar refractivity (Wildman–Crippen MR) is 70.1 cm³/mol. The summed E-state index contributed by atoms with van der Waals surface area (Å²) in [5.41, 5.74) is 7.04. The Morgan fingerprint density at radius 3 is 2.59 bits per heavy atom. The van der Waals surface area contributed by atoms with E-state index in [9.17, 15) is 0 Å². The van der Waals surface area contributed by atoms with Gasteiger partial charge in [0.15, 0.2) is 5.82 Å². The van der Waals surface area contributed by atoms with Crippen molar-refractivity contribution >= 4 is 23.1 Å². The lowest BCUT2D eigenvalue weighted by Crippen LogP contribution is -2.28. The van der Waals surface area contributed by atoms with Crippen LogP contribution in [0.15, 0.2) is 0 Å². The fourth-order valence-electron chi connectivity index (χ4n) is 1.54. The van der Waals surface area contributed by atoms with Gasteiger partial charge in [0, 0.05) is 12.6 Å². The maximum atomic E-state index is 9.01. The Morgan fingerprint density at radius 2 is 2.06 bits per heavy atom. The number of aromatic nitrogens is 2. The lowest BCUT2D eigenvalue weighted by molar-refractivity contribution is 0.267. The van der Waals surface area contributed by atoms with E-state index < -0.39 is 0 Å². The third-order valence-corrected chi connectivity index (χ3v) is 2.84. The summed E-state index contributed by atoms with van der Waals surface area (Å²) in [5.74, 6) is 0.894. The summed E-state index contributed by atoms with van der Waals surface area (Å²) < 4.78 is 0. The smallest absolute Gasteiger partial charge is 0.224 e. The highest BCUT2D eigenvalue weighted by Crippen LogP contribution is 2.23. The molecule has 6 heteroatoms. The maximum Gasteiger partial charge on any atom is 0.224 e. The molecule has 0 aliphatic carbocycles. The molecule has 0 bridgehead atoms. The fourth-order valence-corrected chi connectivity index (χ4v) is 1.76. The van der Waals surface area contributed by atoms with Gasteiger partial charge in [-0.15, -0.1) is 0 Å². The van der Waals surface area contributed by atoms with Crippen LogP contribution in [0.3, 0.4) is 0 Å². The summed E-state index contributed by atoms with van der Waals surface area (Å²) in [4.78, 5) is 8.05. The molecule has 0 radical (unpaired) electrons. The first-order chi connectivity index (χ1) is 7.95. The van der Waals surface area contributed by atoms with Crippen molar-refractivity contribution in [2.45, 2.75) is 33.2 Å². The van der Waals surface area contributed by atoms with Gasteiger partial charge in [-0.05, 0) is 30.9 Å². The Hall–Kier alpha value is -1.07. The topological polar surface area (TPSA) is 84.1 Å². The second-order valence-electron chi connectivity index (χ2n) is 4.35. The Bertz CT molecular complexity index is 384.